The third-order valence-electron chi connectivity index (χ3n) is 1.74. The fraction of sp³-hybridized carbons (Fsp3) is 0. The monoisotopic (exact) mass is 241 g/mol. The van der Waals surface area contributed by atoms with Gasteiger partial charge in [-0.2, -0.15) is 5.21 Å². The maximum Gasteiger partial charge on any atom is 0.242 e. The number of tetrazole rings is 1. The van der Waals surface area contributed by atoms with Crippen LogP contribution in [0.15, 0.2) is 29.2 Å². The van der Waals surface area contributed by atoms with Gasteiger partial charge >= 0.3 is 0 Å². The molecule has 1 N–H and O–H groups in total. The average molecular weight is 241 g/mol. The van der Waals surface area contributed by atoms with Crippen LogP contribution in [0.4, 0.5) is 0 Å². The fourth-order valence-electron chi connectivity index (χ4n) is 1.09. The Bertz CT molecular complexity index is 562. The van der Waals surface area contributed by atoms with Crippen molar-refractivity contribution in [2.24, 2.45) is 0 Å². The molecule has 0 saturated carbocycles. The van der Waals surface area contributed by atoms with Crippen LogP contribution in [0.3, 0.4) is 0 Å². The highest BCUT2D eigenvalue weighted by Gasteiger charge is 2.00. The van der Waals surface area contributed by atoms with Gasteiger partial charge in [-0.1, -0.05) is 16.4 Å². The Kier molecular flexibility index (Phi) is 2.71. The Morgan fingerprint density at radius 1 is 1.53 bits per heavy atom. The lowest BCUT2D eigenvalue weighted by molar-refractivity contribution is 0.537. The standard InChI is InChI=1S/C7H6N4O2S2/c12-15(13)6-3-1-2-5(4-6)11-7(14)8-9-10-11/h1-4H,(H,12,13)(H,8,10,14)/p-1. The molecule has 15 heavy (non-hydrogen) atoms. The predicted molar refractivity (Wildman–Crippen MR) is 53.7 cm³/mol. The SMILES string of the molecule is O=S([O-])c1cccc(-n2[nH]nnc2=S)c1. The van der Waals surface area contributed by atoms with E-state index in [1.54, 1.807) is 12.1 Å². The summed E-state index contributed by atoms with van der Waals surface area (Å²) in [4.78, 5) is 0.184. The van der Waals surface area contributed by atoms with Gasteiger partial charge in [0.05, 0.1) is 5.69 Å². The molecule has 1 aromatic heterocycles. The first-order chi connectivity index (χ1) is 7.18. The van der Waals surface area contributed by atoms with Gasteiger partial charge in [0.25, 0.3) is 0 Å². The van der Waals surface area contributed by atoms with Crippen LogP contribution >= 0.6 is 12.2 Å². The topological polar surface area (TPSA) is 86.6 Å². The molecular formula is C7H5N4O2S2-. The van der Waals surface area contributed by atoms with E-state index in [1.165, 1.54) is 16.8 Å². The van der Waals surface area contributed by atoms with Crippen molar-refractivity contribution in [1.82, 2.24) is 20.2 Å². The van der Waals surface area contributed by atoms with E-state index in [9.17, 15) is 8.76 Å². The number of nitrogens with one attached hydrogen (secondary N) is 1. The Hall–Kier alpha value is -1.38. The third-order valence-corrected chi connectivity index (χ3v) is 2.64. The molecule has 0 aliphatic carbocycles. The molecule has 0 amide bonds. The van der Waals surface area contributed by atoms with E-state index in [0.717, 1.165) is 0 Å². The highest BCUT2D eigenvalue weighted by Crippen LogP contribution is 2.11. The summed E-state index contributed by atoms with van der Waals surface area (Å²) >= 11 is 2.62. The number of hydrogen-bond acceptors (Lipinski definition) is 5. The first-order valence-corrected chi connectivity index (χ1v) is 5.36. The quantitative estimate of drug-likeness (QED) is 0.613. The number of aromatic amines is 1. The second kappa shape index (κ2) is 4.01. The second-order valence-electron chi connectivity index (χ2n) is 2.65. The lowest BCUT2D eigenvalue weighted by atomic mass is 10.3. The number of rotatable bonds is 2. The number of aromatic nitrogens is 4. The lowest BCUT2D eigenvalue weighted by Gasteiger charge is -2.06. The summed E-state index contributed by atoms with van der Waals surface area (Å²) in [7, 11) is 0. The van der Waals surface area contributed by atoms with Crippen LogP contribution in [-0.2, 0) is 11.1 Å². The maximum atomic E-state index is 10.7. The number of H-pyrrole nitrogens is 1. The van der Waals surface area contributed by atoms with Crippen molar-refractivity contribution in [1.29, 1.82) is 0 Å². The molecule has 0 fully saturated rings. The number of hydrogen-bond donors (Lipinski definition) is 1. The van der Waals surface area contributed by atoms with Gasteiger partial charge < -0.3 is 4.55 Å². The summed E-state index contributed by atoms with van der Waals surface area (Å²) in [6, 6.07) is 6.27. The Labute approximate surface area is 92.2 Å². The molecule has 1 atom stereocenters. The summed E-state index contributed by atoms with van der Waals surface area (Å²) in [5, 5.41) is 9.63. The fourth-order valence-corrected chi connectivity index (χ4v) is 1.69. The highest BCUT2D eigenvalue weighted by molar-refractivity contribution is 7.79. The molecule has 2 aromatic rings. The van der Waals surface area contributed by atoms with Gasteiger partial charge in [0.1, 0.15) is 0 Å². The van der Waals surface area contributed by atoms with Crippen LogP contribution in [0.2, 0.25) is 0 Å². The Morgan fingerprint density at radius 3 is 2.93 bits per heavy atom. The minimum atomic E-state index is -2.26. The zero-order valence-electron chi connectivity index (χ0n) is 7.28. The molecule has 1 unspecified atom stereocenters. The van der Waals surface area contributed by atoms with Gasteiger partial charge in [0.2, 0.25) is 4.77 Å². The average Bonchev–Trinajstić information content (AvgIpc) is 2.64. The molecule has 6 nitrogen and oxygen atoms in total. The normalized spacial score (nSPS) is 12.6. The first-order valence-electron chi connectivity index (χ1n) is 3.88. The highest BCUT2D eigenvalue weighted by atomic mass is 32.2. The van der Waals surface area contributed by atoms with E-state index >= 15 is 0 Å². The van der Waals surface area contributed by atoms with E-state index in [1.807, 2.05) is 0 Å². The second-order valence-corrected chi connectivity index (χ2v) is 3.96. The van der Waals surface area contributed by atoms with Crippen LogP contribution in [-0.4, -0.2) is 29.0 Å². The van der Waals surface area contributed by atoms with Gasteiger partial charge in [-0.15, -0.1) is 0 Å². The van der Waals surface area contributed by atoms with Crippen molar-refractivity contribution in [2.45, 2.75) is 4.90 Å². The van der Waals surface area contributed by atoms with E-state index in [4.69, 9.17) is 12.2 Å². The minimum Gasteiger partial charge on any atom is -0.768 e. The van der Waals surface area contributed by atoms with Gasteiger partial charge in [0.15, 0.2) is 0 Å². The molecule has 2 rings (SSSR count). The predicted octanol–water partition coefficient (Wildman–Crippen LogP) is 0.563. The van der Waals surface area contributed by atoms with E-state index in [-0.39, 0.29) is 9.67 Å². The lowest BCUT2D eigenvalue weighted by Crippen LogP contribution is -1.98. The van der Waals surface area contributed by atoms with Gasteiger partial charge in [0, 0.05) is 4.90 Å². The molecule has 1 heterocycles. The van der Waals surface area contributed by atoms with Gasteiger partial charge in [-0.05, 0) is 41.5 Å². The van der Waals surface area contributed by atoms with E-state index in [0.29, 0.717) is 5.69 Å². The van der Waals surface area contributed by atoms with Crippen molar-refractivity contribution in [2.75, 3.05) is 0 Å². The molecule has 78 valence electrons. The molecule has 0 saturated heterocycles. The van der Waals surface area contributed by atoms with Gasteiger partial charge in [-0.3, -0.25) is 4.21 Å². The summed E-state index contributed by atoms with van der Waals surface area (Å²) in [6.45, 7) is 0. The summed E-state index contributed by atoms with van der Waals surface area (Å²) < 4.78 is 23.1. The molecule has 8 heteroatoms. The Morgan fingerprint density at radius 2 is 2.33 bits per heavy atom. The number of benzene rings is 1. The maximum absolute atomic E-state index is 10.7. The summed E-state index contributed by atoms with van der Waals surface area (Å²) in [5.74, 6) is 0. The van der Waals surface area contributed by atoms with Gasteiger partial charge in [-0.25, -0.2) is 4.68 Å². The van der Waals surface area contributed by atoms with E-state index in [2.05, 4.69) is 15.5 Å². The smallest absolute Gasteiger partial charge is 0.242 e. The largest absolute Gasteiger partial charge is 0.768 e. The summed E-state index contributed by atoms with van der Waals surface area (Å²) in [6.07, 6.45) is 0. The minimum absolute atomic E-state index is 0.184. The van der Waals surface area contributed by atoms with Crippen LogP contribution in [0.1, 0.15) is 0 Å². The molecular weight excluding hydrogens is 236 g/mol. The third kappa shape index (κ3) is 2.01. The molecule has 0 aliphatic heterocycles. The van der Waals surface area contributed by atoms with Crippen molar-refractivity contribution in [3.63, 3.8) is 0 Å². The van der Waals surface area contributed by atoms with Crippen LogP contribution in [0.25, 0.3) is 5.69 Å². The van der Waals surface area contributed by atoms with Crippen molar-refractivity contribution in [3.8, 4) is 5.69 Å². The van der Waals surface area contributed by atoms with Crippen molar-refractivity contribution < 1.29 is 8.76 Å². The first kappa shape index (κ1) is 10.1. The molecule has 0 spiro atoms. The number of nitrogens with zero attached hydrogens (tertiary/aromatic N) is 3. The molecule has 0 aliphatic rings. The van der Waals surface area contributed by atoms with Crippen molar-refractivity contribution in [3.05, 3.63) is 29.0 Å². The molecule has 1 aromatic carbocycles. The Balaban J connectivity index is 2.55. The van der Waals surface area contributed by atoms with Crippen LogP contribution in [0.5, 0.6) is 0 Å². The summed E-state index contributed by atoms with van der Waals surface area (Å²) in [5.41, 5.74) is 0.576. The zero-order chi connectivity index (χ0) is 10.8. The van der Waals surface area contributed by atoms with E-state index < -0.39 is 11.1 Å². The van der Waals surface area contributed by atoms with Crippen LogP contribution in [0, 0.1) is 4.77 Å². The zero-order valence-corrected chi connectivity index (χ0v) is 8.92. The van der Waals surface area contributed by atoms with Crippen molar-refractivity contribution >= 4 is 23.3 Å². The van der Waals surface area contributed by atoms with Crippen LogP contribution < -0.4 is 0 Å². The molecule has 0 bridgehead atoms. The molecule has 0 radical (unpaired) electrons.